The predicted octanol–water partition coefficient (Wildman–Crippen LogP) is 0.398. The second-order valence-electron chi connectivity index (χ2n) is 3.75. The highest BCUT2D eigenvalue weighted by atomic mass is 16.5. The van der Waals surface area contributed by atoms with Gasteiger partial charge in [-0.3, -0.25) is 9.48 Å². The fourth-order valence-electron chi connectivity index (χ4n) is 1.28. The molecule has 0 saturated heterocycles. The third-order valence-corrected chi connectivity index (χ3v) is 2.18. The average Bonchev–Trinajstić information content (AvgIpc) is 2.69. The summed E-state index contributed by atoms with van der Waals surface area (Å²) in [7, 11) is 0. The zero-order valence-corrected chi connectivity index (χ0v) is 10.2. The van der Waals surface area contributed by atoms with Gasteiger partial charge in [0.05, 0.1) is 6.61 Å². The van der Waals surface area contributed by atoms with Gasteiger partial charge in [-0.15, -0.1) is 0 Å². The van der Waals surface area contributed by atoms with E-state index in [-0.39, 0.29) is 12.5 Å². The predicted molar refractivity (Wildman–Crippen MR) is 65.4 cm³/mol. The molecule has 6 heteroatoms. The maximum absolute atomic E-state index is 11.4. The van der Waals surface area contributed by atoms with Crippen molar-refractivity contribution in [1.29, 1.82) is 0 Å². The minimum atomic E-state index is -0.0906. The molecule has 1 aromatic rings. The van der Waals surface area contributed by atoms with Crippen LogP contribution in [0.2, 0.25) is 0 Å². The van der Waals surface area contributed by atoms with Crippen LogP contribution in [0, 0.1) is 0 Å². The van der Waals surface area contributed by atoms with Gasteiger partial charge < -0.3 is 15.8 Å². The van der Waals surface area contributed by atoms with Crippen LogP contribution in [-0.2, 0) is 16.1 Å². The standard InChI is InChI=1S/C11H20N4O2/c1-2-3-7-17-8-5-13-11(16)9-15-6-4-10(12)14-15/h4,6H,2-3,5,7-9H2,1H3,(H2,12,14)(H,13,16). The Morgan fingerprint density at radius 2 is 2.41 bits per heavy atom. The quantitative estimate of drug-likeness (QED) is 0.644. The van der Waals surface area contributed by atoms with Crippen LogP contribution in [-0.4, -0.2) is 35.4 Å². The molecule has 1 aromatic heterocycles. The summed E-state index contributed by atoms with van der Waals surface area (Å²) in [5.41, 5.74) is 5.44. The average molecular weight is 240 g/mol. The van der Waals surface area contributed by atoms with Gasteiger partial charge in [-0.25, -0.2) is 0 Å². The SMILES string of the molecule is CCCCOCCNC(=O)Cn1ccc(N)n1. The number of anilines is 1. The van der Waals surface area contributed by atoms with E-state index in [1.807, 2.05) is 0 Å². The smallest absolute Gasteiger partial charge is 0.241 e. The van der Waals surface area contributed by atoms with Crippen molar-refractivity contribution in [1.82, 2.24) is 15.1 Å². The number of amides is 1. The fourth-order valence-corrected chi connectivity index (χ4v) is 1.28. The molecule has 96 valence electrons. The first-order chi connectivity index (χ1) is 8.22. The lowest BCUT2D eigenvalue weighted by Crippen LogP contribution is -2.30. The summed E-state index contributed by atoms with van der Waals surface area (Å²) in [6, 6.07) is 1.65. The summed E-state index contributed by atoms with van der Waals surface area (Å²) in [6.07, 6.45) is 3.85. The Bertz CT molecular complexity index is 338. The van der Waals surface area contributed by atoms with E-state index in [4.69, 9.17) is 10.5 Å². The van der Waals surface area contributed by atoms with Crippen LogP contribution in [0.1, 0.15) is 19.8 Å². The second kappa shape index (κ2) is 7.67. The number of nitrogen functional groups attached to an aromatic ring is 1. The Balaban J connectivity index is 2.05. The number of hydrogen-bond donors (Lipinski definition) is 2. The lowest BCUT2D eigenvalue weighted by molar-refractivity contribution is -0.122. The van der Waals surface area contributed by atoms with E-state index in [0.29, 0.717) is 19.0 Å². The number of nitrogens with zero attached hydrogens (tertiary/aromatic N) is 2. The normalized spacial score (nSPS) is 10.4. The van der Waals surface area contributed by atoms with E-state index >= 15 is 0 Å². The topological polar surface area (TPSA) is 82.2 Å². The van der Waals surface area contributed by atoms with Gasteiger partial charge >= 0.3 is 0 Å². The van der Waals surface area contributed by atoms with Crippen LogP contribution in [0.15, 0.2) is 12.3 Å². The van der Waals surface area contributed by atoms with Crippen LogP contribution in [0.4, 0.5) is 5.82 Å². The summed E-state index contributed by atoms with van der Waals surface area (Å²) in [5.74, 6) is 0.327. The molecule has 0 bridgehead atoms. The van der Waals surface area contributed by atoms with Gasteiger partial charge in [-0.05, 0) is 12.5 Å². The number of carbonyl (C=O) groups excluding carboxylic acids is 1. The lowest BCUT2D eigenvalue weighted by Gasteiger charge is -2.06. The van der Waals surface area contributed by atoms with Gasteiger partial charge in [-0.2, -0.15) is 5.10 Å². The van der Waals surface area contributed by atoms with Gasteiger partial charge in [0.2, 0.25) is 5.91 Å². The number of unbranched alkanes of at least 4 members (excludes halogenated alkanes) is 1. The summed E-state index contributed by atoms with van der Waals surface area (Å²) in [4.78, 5) is 11.4. The van der Waals surface area contributed by atoms with Crippen molar-refractivity contribution in [3.63, 3.8) is 0 Å². The molecule has 0 aliphatic rings. The molecular formula is C11H20N4O2. The first kappa shape index (κ1) is 13.5. The van der Waals surface area contributed by atoms with Crippen LogP contribution < -0.4 is 11.1 Å². The van der Waals surface area contributed by atoms with Gasteiger partial charge in [-0.1, -0.05) is 13.3 Å². The molecule has 0 atom stereocenters. The Hall–Kier alpha value is -1.56. The molecule has 17 heavy (non-hydrogen) atoms. The number of carbonyl (C=O) groups is 1. The molecule has 0 aliphatic heterocycles. The van der Waals surface area contributed by atoms with Crippen molar-refractivity contribution in [2.45, 2.75) is 26.3 Å². The van der Waals surface area contributed by atoms with Gasteiger partial charge in [0.1, 0.15) is 12.4 Å². The highest BCUT2D eigenvalue weighted by Crippen LogP contribution is 1.94. The van der Waals surface area contributed by atoms with Crippen molar-refractivity contribution in [3.05, 3.63) is 12.3 Å². The molecule has 1 heterocycles. The minimum absolute atomic E-state index is 0.0906. The van der Waals surface area contributed by atoms with Crippen molar-refractivity contribution in [2.24, 2.45) is 0 Å². The van der Waals surface area contributed by atoms with Crippen molar-refractivity contribution in [3.8, 4) is 0 Å². The Morgan fingerprint density at radius 3 is 3.06 bits per heavy atom. The van der Waals surface area contributed by atoms with E-state index in [1.165, 1.54) is 4.68 Å². The number of ether oxygens (including phenoxy) is 1. The first-order valence-electron chi connectivity index (χ1n) is 5.85. The summed E-state index contributed by atoms with van der Waals surface area (Å²) in [6.45, 7) is 4.13. The van der Waals surface area contributed by atoms with Crippen LogP contribution >= 0.6 is 0 Å². The number of aromatic nitrogens is 2. The van der Waals surface area contributed by atoms with Gasteiger partial charge in [0.15, 0.2) is 0 Å². The Labute approximate surface area is 101 Å². The summed E-state index contributed by atoms with van der Waals surface area (Å²) in [5, 5.41) is 6.67. The van der Waals surface area contributed by atoms with E-state index in [9.17, 15) is 4.79 Å². The molecule has 0 spiro atoms. The molecule has 0 saturated carbocycles. The third kappa shape index (κ3) is 5.91. The molecule has 0 fully saturated rings. The molecule has 0 aromatic carbocycles. The molecule has 1 rings (SSSR count). The Kier molecular flexibility index (Phi) is 6.09. The summed E-state index contributed by atoms with van der Waals surface area (Å²) < 4.78 is 6.82. The zero-order chi connectivity index (χ0) is 12.5. The maximum Gasteiger partial charge on any atom is 0.241 e. The minimum Gasteiger partial charge on any atom is -0.382 e. The van der Waals surface area contributed by atoms with Gasteiger partial charge in [0.25, 0.3) is 0 Å². The fraction of sp³-hybridized carbons (Fsp3) is 0.636. The van der Waals surface area contributed by atoms with Crippen molar-refractivity contribution >= 4 is 11.7 Å². The molecular weight excluding hydrogens is 220 g/mol. The first-order valence-corrected chi connectivity index (χ1v) is 5.85. The highest BCUT2D eigenvalue weighted by molar-refractivity contribution is 5.75. The molecule has 6 nitrogen and oxygen atoms in total. The number of hydrogen-bond acceptors (Lipinski definition) is 4. The number of nitrogens with one attached hydrogen (secondary N) is 1. The van der Waals surface area contributed by atoms with E-state index in [0.717, 1.165) is 19.4 Å². The number of nitrogens with two attached hydrogens (primary N) is 1. The number of rotatable bonds is 8. The molecule has 1 amide bonds. The molecule has 0 aliphatic carbocycles. The highest BCUT2D eigenvalue weighted by Gasteiger charge is 2.02. The lowest BCUT2D eigenvalue weighted by atomic mass is 10.4. The molecule has 0 unspecified atom stereocenters. The monoisotopic (exact) mass is 240 g/mol. The van der Waals surface area contributed by atoms with E-state index in [2.05, 4.69) is 17.3 Å². The zero-order valence-electron chi connectivity index (χ0n) is 10.2. The second-order valence-corrected chi connectivity index (χ2v) is 3.75. The van der Waals surface area contributed by atoms with Crippen molar-refractivity contribution in [2.75, 3.05) is 25.5 Å². The summed E-state index contributed by atoms with van der Waals surface area (Å²) >= 11 is 0. The van der Waals surface area contributed by atoms with Crippen LogP contribution in [0.5, 0.6) is 0 Å². The van der Waals surface area contributed by atoms with Crippen LogP contribution in [0.25, 0.3) is 0 Å². The largest absolute Gasteiger partial charge is 0.382 e. The van der Waals surface area contributed by atoms with E-state index < -0.39 is 0 Å². The Morgan fingerprint density at radius 1 is 1.59 bits per heavy atom. The molecule has 0 radical (unpaired) electrons. The van der Waals surface area contributed by atoms with E-state index in [1.54, 1.807) is 12.3 Å². The van der Waals surface area contributed by atoms with Crippen molar-refractivity contribution < 1.29 is 9.53 Å². The molecule has 3 N–H and O–H groups in total. The third-order valence-electron chi connectivity index (χ3n) is 2.18. The van der Waals surface area contributed by atoms with Gasteiger partial charge in [0, 0.05) is 19.3 Å². The maximum atomic E-state index is 11.4. The van der Waals surface area contributed by atoms with Crippen LogP contribution in [0.3, 0.4) is 0 Å².